The van der Waals surface area contributed by atoms with E-state index in [4.69, 9.17) is 9.72 Å². The van der Waals surface area contributed by atoms with Crippen molar-refractivity contribution in [1.29, 1.82) is 0 Å². The topological polar surface area (TPSA) is 77.0 Å². The minimum absolute atomic E-state index is 0.0938. The van der Waals surface area contributed by atoms with Gasteiger partial charge in [0.1, 0.15) is 21.9 Å². The van der Waals surface area contributed by atoms with Gasteiger partial charge in [-0.25, -0.2) is 9.78 Å². The molecule has 5 rings (SSSR count). The summed E-state index contributed by atoms with van der Waals surface area (Å²) in [5.74, 6) is 0.120. The first-order chi connectivity index (χ1) is 16.6. The molecule has 0 bridgehead atoms. The first kappa shape index (κ1) is 22.0. The summed E-state index contributed by atoms with van der Waals surface area (Å²) in [5.41, 5.74) is 5.02. The third kappa shape index (κ3) is 3.99. The molecule has 0 radical (unpaired) electrons. The molecule has 0 unspecified atom stereocenters. The number of thiophene rings is 1. The summed E-state index contributed by atoms with van der Waals surface area (Å²) in [6, 6.07) is 22.2. The number of anilines is 1. The molecule has 1 N–H and O–H groups in total. The van der Waals surface area contributed by atoms with E-state index >= 15 is 0 Å². The molecular formula is C27H24N4O2S. The number of carbonyl (C=O) groups excluding carboxylic acids is 1. The second-order valence-corrected chi connectivity index (χ2v) is 9.22. The number of hydrogen-bond acceptors (Lipinski definition) is 7. The lowest BCUT2D eigenvalue weighted by molar-refractivity contribution is 0.0527. The zero-order chi connectivity index (χ0) is 23.7. The smallest absolute Gasteiger partial charge is 0.341 e. The van der Waals surface area contributed by atoms with E-state index in [1.54, 1.807) is 6.92 Å². The Kier molecular flexibility index (Phi) is 5.94. The van der Waals surface area contributed by atoms with Gasteiger partial charge in [-0.2, -0.15) is 0 Å². The number of carbonyl (C=O) groups is 1. The van der Waals surface area contributed by atoms with E-state index < -0.39 is 5.97 Å². The van der Waals surface area contributed by atoms with Crippen LogP contribution in [0.3, 0.4) is 0 Å². The summed E-state index contributed by atoms with van der Waals surface area (Å²) in [6.07, 6.45) is 0. The van der Waals surface area contributed by atoms with E-state index in [1.807, 2.05) is 68.4 Å². The number of hydrogen-bond donors (Lipinski definition) is 1. The lowest BCUT2D eigenvalue weighted by atomic mass is 9.97. The maximum Gasteiger partial charge on any atom is 0.341 e. The Bertz CT molecular complexity index is 1480. The molecule has 2 aromatic carbocycles. The molecule has 0 aliphatic carbocycles. The van der Waals surface area contributed by atoms with Crippen molar-refractivity contribution in [1.82, 2.24) is 15.2 Å². The molecule has 0 saturated heterocycles. The first-order valence-electron chi connectivity index (χ1n) is 11.2. The van der Waals surface area contributed by atoms with Gasteiger partial charge >= 0.3 is 5.97 Å². The molecule has 0 aliphatic rings. The third-order valence-corrected chi connectivity index (χ3v) is 6.41. The summed E-state index contributed by atoms with van der Waals surface area (Å²) in [6.45, 7) is 6.13. The average molecular weight is 469 g/mol. The van der Waals surface area contributed by atoms with Crippen LogP contribution in [0.25, 0.3) is 42.8 Å². The fourth-order valence-corrected chi connectivity index (χ4v) is 5.01. The molecule has 0 aliphatic heterocycles. The highest BCUT2D eigenvalue weighted by Crippen LogP contribution is 2.43. The fraction of sp³-hybridized carbons (Fsp3) is 0.185. The highest BCUT2D eigenvalue weighted by atomic mass is 32.1. The number of aromatic nitrogens is 3. The minimum atomic E-state index is -0.392. The zero-order valence-electron chi connectivity index (χ0n) is 19.2. The molecule has 3 heterocycles. The molecule has 170 valence electrons. The number of fused-ring (bicyclic) bond motifs is 3. The third-order valence-electron chi connectivity index (χ3n) is 5.40. The van der Waals surface area contributed by atoms with E-state index in [0.29, 0.717) is 18.0 Å². The molecule has 0 saturated carbocycles. The van der Waals surface area contributed by atoms with E-state index in [1.165, 1.54) is 11.3 Å². The van der Waals surface area contributed by atoms with E-state index in [9.17, 15) is 4.79 Å². The minimum Gasteiger partial charge on any atom is -0.462 e. The SMILES string of the molecule is CCOC(=O)c1cc2sc3nnc(-c4ccccc4)c(-c4ccccc4)c3c2nc1NC(C)C. The zero-order valence-corrected chi connectivity index (χ0v) is 20.0. The lowest BCUT2D eigenvalue weighted by Crippen LogP contribution is -2.16. The van der Waals surface area contributed by atoms with Crippen LogP contribution in [0.2, 0.25) is 0 Å². The standard InChI is InChI=1S/C27H24N4O2S/c1-4-33-27(32)19-15-20-24(29-25(19)28-16(2)3)22-21(17-11-7-5-8-12-17)23(30-31-26(22)34-20)18-13-9-6-10-14-18/h5-16H,4H2,1-3H3,(H,28,29). The Balaban J connectivity index is 1.86. The van der Waals surface area contributed by atoms with Crippen molar-refractivity contribution < 1.29 is 9.53 Å². The predicted molar refractivity (Wildman–Crippen MR) is 138 cm³/mol. The monoisotopic (exact) mass is 468 g/mol. The summed E-state index contributed by atoms with van der Waals surface area (Å²) >= 11 is 1.48. The van der Waals surface area contributed by atoms with E-state index in [0.717, 1.165) is 42.8 Å². The predicted octanol–water partition coefficient (Wildman–Crippen LogP) is 6.57. The summed E-state index contributed by atoms with van der Waals surface area (Å²) < 4.78 is 6.17. The number of nitrogens with zero attached hydrogens (tertiary/aromatic N) is 3. The molecule has 5 aromatic rings. The van der Waals surface area contributed by atoms with Gasteiger partial charge in [-0.15, -0.1) is 21.5 Å². The van der Waals surface area contributed by atoms with Crippen molar-refractivity contribution >= 4 is 43.6 Å². The Labute approximate surface area is 201 Å². The van der Waals surface area contributed by atoms with Crippen LogP contribution in [0.5, 0.6) is 0 Å². The molecule has 0 atom stereocenters. The number of ether oxygens (including phenoxy) is 1. The highest BCUT2D eigenvalue weighted by Gasteiger charge is 2.23. The number of pyridine rings is 1. The van der Waals surface area contributed by atoms with Crippen LogP contribution in [-0.4, -0.2) is 33.8 Å². The van der Waals surface area contributed by atoms with Gasteiger partial charge in [-0.3, -0.25) is 0 Å². The van der Waals surface area contributed by atoms with Gasteiger partial charge in [0, 0.05) is 22.6 Å². The number of nitrogens with one attached hydrogen (secondary N) is 1. The molecular weight excluding hydrogens is 444 g/mol. The molecule has 7 heteroatoms. The van der Waals surface area contributed by atoms with Gasteiger partial charge in [0.2, 0.25) is 0 Å². The highest BCUT2D eigenvalue weighted by molar-refractivity contribution is 7.25. The number of esters is 1. The van der Waals surface area contributed by atoms with Gasteiger partial charge in [0.25, 0.3) is 0 Å². The van der Waals surface area contributed by atoms with Crippen LogP contribution in [0.15, 0.2) is 66.7 Å². The maximum atomic E-state index is 12.7. The Morgan fingerprint density at radius 1 is 1.00 bits per heavy atom. The molecule has 3 aromatic heterocycles. The molecule has 6 nitrogen and oxygen atoms in total. The molecule has 0 spiro atoms. The fourth-order valence-electron chi connectivity index (χ4n) is 4.00. The Hall–Kier alpha value is -3.84. The Morgan fingerprint density at radius 3 is 2.32 bits per heavy atom. The maximum absolute atomic E-state index is 12.7. The summed E-state index contributed by atoms with van der Waals surface area (Å²) in [7, 11) is 0. The largest absolute Gasteiger partial charge is 0.462 e. The van der Waals surface area contributed by atoms with Crippen LogP contribution < -0.4 is 5.32 Å². The van der Waals surface area contributed by atoms with Crippen LogP contribution in [-0.2, 0) is 4.74 Å². The Morgan fingerprint density at radius 2 is 1.68 bits per heavy atom. The molecule has 0 amide bonds. The second kappa shape index (κ2) is 9.19. The normalized spacial score (nSPS) is 11.3. The quantitative estimate of drug-likeness (QED) is 0.284. The van der Waals surface area contributed by atoms with Crippen LogP contribution in [0, 0.1) is 0 Å². The van der Waals surface area contributed by atoms with Crippen LogP contribution in [0.4, 0.5) is 5.82 Å². The summed E-state index contributed by atoms with van der Waals surface area (Å²) in [5, 5.41) is 13.5. The van der Waals surface area contributed by atoms with Crippen molar-refractivity contribution in [2.45, 2.75) is 26.8 Å². The van der Waals surface area contributed by atoms with Crippen molar-refractivity contribution in [3.05, 3.63) is 72.3 Å². The van der Waals surface area contributed by atoms with Gasteiger partial charge in [-0.05, 0) is 32.4 Å². The molecule has 34 heavy (non-hydrogen) atoms. The van der Waals surface area contributed by atoms with Gasteiger partial charge < -0.3 is 10.1 Å². The number of benzene rings is 2. The van der Waals surface area contributed by atoms with Crippen molar-refractivity contribution in [3.63, 3.8) is 0 Å². The summed E-state index contributed by atoms with van der Waals surface area (Å²) in [4.78, 5) is 18.4. The van der Waals surface area contributed by atoms with E-state index in [-0.39, 0.29) is 6.04 Å². The van der Waals surface area contributed by atoms with Crippen molar-refractivity contribution in [3.8, 4) is 22.4 Å². The van der Waals surface area contributed by atoms with Crippen LogP contribution in [0.1, 0.15) is 31.1 Å². The van der Waals surface area contributed by atoms with Crippen molar-refractivity contribution in [2.24, 2.45) is 0 Å². The molecule has 0 fully saturated rings. The average Bonchev–Trinajstić information content (AvgIpc) is 3.21. The second-order valence-electron chi connectivity index (χ2n) is 8.19. The van der Waals surface area contributed by atoms with Gasteiger partial charge in [0.15, 0.2) is 0 Å². The number of rotatable bonds is 6. The van der Waals surface area contributed by atoms with Gasteiger partial charge in [0.05, 0.1) is 16.8 Å². The van der Waals surface area contributed by atoms with Crippen LogP contribution >= 0.6 is 11.3 Å². The lowest BCUT2D eigenvalue weighted by Gasteiger charge is -2.14. The van der Waals surface area contributed by atoms with E-state index in [2.05, 4.69) is 27.6 Å². The first-order valence-corrected chi connectivity index (χ1v) is 12.1. The van der Waals surface area contributed by atoms with Gasteiger partial charge in [-0.1, -0.05) is 60.7 Å². The van der Waals surface area contributed by atoms with Crippen molar-refractivity contribution in [2.75, 3.05) is 11.9 Å².